The van der Waals surface area contributed by atoms with Gasteiger partial charge in [0.1, 0.15) is 11.3 Å². The minimum Gasteiger partial charge on any atom is -0.397 e. The van der Waals surface area contributed by atoms with Crippen molar-refractivity contribution in [3.63, 3.8) is 0 Å². The molecular formula is C14H18BrN3. The molecule has 2 aromatic rings. The lowest BCUT2D eigenvalue weighted by atomic mass is 10.00. The second-order valence-corrected chi connectivity index (χ2v) is 6.12. The predicted octanol–water partition coefficient (Wildman–Crippen LogP) is 4.35. The number of rotatable bonds is 1. The fourth-order valence-corrected chi connectivity index (χ4v) is 3.35. The van der Waals surface area contributed by atoms with Gasteiger partial charge in [0, 0.05) is 10.4 Å². The monoisotopic (exact) mass is 307 g/mol. The summed E-state index contributed by atoms with van der Waals surface area (Å²) >= 11 is 3.47. The zero-order valence-corrected chi connectivity index (χ0v) is 12.0. The number of fused-ring (bicyclic) bond motifs is 1. The molecule has 96 valence electrons. The van der Waals surface area contributed by atoms with E-state index in [-0.39, 0.29) is 0 Å². The molecule has 0 spiro atoms. The Hall–Kier alpha value is -1.03. The highest BCUT2D eigenvalue weighted by Gasteiger charge is 2.18. The van der Waals surface area contributed by atoms with Crippen LogP contribution in [0.2, 0.25) is 0 Å². The SMILES string of the molecule is Nc1cc(Br)cc2[nH]c(C3CCCCCC3)nc12. The van der Waals surface area contributed by atoms with Crippen LogP contribution < -0.4 is 5.73 Å². The molecule has 0 atom stereocenters. The van der Waals surface area contributed by atoms with E-state index in [9.17, 15) is 0 Å². The van der Waals surface area contributed by atoms with Crippen LogP contribution in [-0.2, 0) is 0 Å². The van der Waals surface area contributed by atoms with Gasteiger partial charge in [0.25, 0.3) is 0 Å². The summed E-state index contributed by atoms with van der Waals surface area (Å²) in [5, 5.41) is 0. The first kappa shape index (κ1) is 12.0. The van der Waals surface area contributed by atoms with Crippen LogP contribution in [0.5, 0.6) is 0 Å². The van der Waals surface area contributed by atoms with Gasteiger partial charge in [0.05, 0.1) is 11.2 Å². The van der Waals surface area contributed by atoms with Gasteiger partial charge in [-0.1, -0.05) is 41.6 Å². The number of nitrogen functional groups attached to an aromatic ring is 1. The second-order valence-electron chi connectivity index (χ2n) is 5.20. The van der Waals surface area contributed by atoms with Crippen molar-refractivity contribution >= 4 is 32.7 Å². The van der Waals surface area contributed by atoms with E-state index in [0.717, 1.165) is 27.0 Å². The van der Waals surface area contributed by atoms with Crippen molar-refractivity contribution in [3.8, 4) is 0 Å². The van der Waals surface area contributed by atoms with Crippen molar-refractivity contribution in [2.75, 3.05) is 5.73 Å². The number of nitrogens with one attached hydrogen (secondary N) is 1. The van der Waals surface area contributed by atoms with Crippen LogP contribution >= 0.6 is 15.9 Å². The maximum atomic E-state index is 6.02. The molecule has 0 aliphatic heterocycles. The molecule has 1 aliphatic rings. The zero-order valence-electron chi connectivity index (χ0n) is 10.4. The molecular weight excluding hydrogens is 290 g/mol. The molecule has 18 heavy (non-hydrogen) atoms. The van der Waals surface area contributed by atoms with Crippen LogP contribution in [0.25, 0.3) is 11.0 Å². The van der Waals surface area contributed by atoms with Crippen LogP contribution in [-0.4, -0.2) is 9.97 Å². The molecule has 0 amide bonds. The molecule has 1 aliphatic carbocycles. The van der Waals surface area contributed by atoms with E-state index < -0.39 is 0 Å². The van der Waals surface area contributed by atoms with Crippen molar-refractivity contribution in [1.82, 2.24) is 9.97 Å². The molecule has 1 saturated carbocycles. The molecule has 3 N–H and O–H groups in total. The highest BCUT2D eigenvalue weighted by molar-refractivity contribution is 9.10. The molecule has 0 saturated heterocycles. The van der Waals surface area contributed by atoms with Crippen molar-refractivity contribution in [1.29, 1.82) is 0 Å². The van der Waals surface area contributed by atoms with E-state index in [4.69, 9.17) is 10.7 Å². The summed E-state index contributed by atoms with van der Waals surface area (Å²) < 4.78 is 1.00. The van der Waals surface area contributed by atoms with Gasteiger partial charge in [0.15, 0.2) is 0 Å². The number of hydrogen-bond acceptors (Lipinski definition) is 2. The number of nitrogens with zero attached hydrogens (tertiary/aromatic N) is 1. The number of benzene rings is 1. The van der Waals surface area contributed by atoms with E-state index >= 15 is 0 Å². The Morgan fingerprint density at radius 3 is 2.61 bits per heavy atom. The van der Waals surface area contributed by atoms with Gasteiger partial charge in [-0.15, -0.1) is 0 Å². The molecule has 1 aromatic heterocycles. The summed E-state index contributed by atoms with van der Waals surface area (Å²) in [6.45, 7) is 0. The van der Waals surface area contributed by atoms with Crippen molar-refractivity contribution in [2.24, 2.45) is 0 Å². The van der Waals surface area contributed by atoms with E-state index in [1.165, 1.54) is 38.5 Å². The number of halogens is 1. The smallest absolute Gasteiger partial charge is 0.112 e. The highest BCUT2D eigenvalue weighted by Crippen LogP contribution is 2.32. The number of aromatic amines is 1. The van der Waals surface area contributed by atoms with Crippen molar-refractivity contribution < 1.29 is 0 Å². The normalized spacial score (nSPS) is 18.1. The number of imidazole rings is 1. The van der Waals surface area contributed by atoms with Crippen LogP contribution in [0.4, 0.5) is 5.69 Å². The number of hydrogen-bond donors (Lipinski definition) is 2. The second kappa shape index (κ2) is 4.92. The summed E-state index contributed by atoms with van der Waals surface area (Å²) in [7, 11) is 0. The lowest BCUT2D eigenvalue weighted by molar-refractivity contribution is 0.567. The van der Waals surface area contributed by atoms with Crippen LogP contribution in [0.1, 0.15) is 50.3 Å². The minimum absolute atomic E-state index is 0.582. The maximum Gasteiger partial charge on any atom is 0.112 e. The average molecular weight is 308 g/mol. The maximum absolute atomic E-state index is 6.02. The summed E-state index contributed by atoms with van der Waals surface area (Å²) in [6.07, 6.45) is 7.87. The number of aromatic nitrogens is 2. The molecule has 0 radical (unpaired) electrons. The molecule has 0 bridgehead atoms. The van der Waals surface area contributed by atoms with Gasteiger partial charge in [-0.25, -0.2) is 4.98 Å². The van der Waals surface area contributed by atoms with Gasteiger partial charge in [0.2, 0.25) is 0 Å². The van der Waals surface area contributed by atoms with Crippen LogP contribution in [0.15, 0.2) is 16.6 Å². The largest absolute Gasteiger partial charge is 0.397 e. The summed E-state index contributed by atoms with van der Waals surface area (Å²) in [6, 6.07) is 3.97. The quantitative estimate of drug-likeness (QED) is 0.608. The van der Waals surface area contributed by atoms with Gasteiger partial charge in [-0.3, -0.25) is 0 Å². The number of H-pyrrole nitrogens is 1. The predicted molar refractivity (Wildman–Crippen MR) is 78.6 cm³/mol. The third-order valence-corrected chi connectivity index (χ3v) is 4.30. The topological polar surface area (TPSA) is 54.7 Å². The van der Waals surface area contributed by atoms with Gasteiger partial charge in [-0.05, 0) is 25.0 Å². The molecule has 1 heterocycles. The Bertz CT molecular complexity index is 553. The van der Waals surface area contributed by atoms with Crippen LogP contribution in [0, 0.1) is 0 Å². The molecule has 0 unspecified atom stereocenters. The lowest BCUT2D eigenvalue weighted by Crippen LogP contribution is -1.99. The summed E-state index contributed by atoms with van der Waals surface area (Å²) in [5.74, 6) is 1.70. The Morgan fingerprint density at radius 1 is 1.17 bits per heavy atom. The zero-order chi connectivity index (χ0) is 12.5. The molecule has 1 fully saturated rings. The van der Waals surface area contributed by atoms with Gasteiger partial charge < -0.3 is 10.7 Å². The minimum atomic E-state index is 0.582. The van der Waals surface area contributed by atoms with Crippen LogP contribution in [0.3, 0.4) is 0 Å². The fourth-order valence-electron chi connectivity index (χ4n) is 2.87. The molecule has 3 rings (SSSR count). The van der Waals surface area contributed by atoms with Gasteiger partial charge in [-0.2, -0.15) is 0 Å². The standard InChI is InChI=1S/C14H18BrN3/c15-10-7-11(16)13-12(8-10)17-14(18-13)9-5-3-1-2-4-6-9/h7-9H,1-6,16H2,(H,17,18). The first-order valence-corrected chi connectivity index (χ1v) is 7.48. The van der Waals surface area contributed by atoms with Crippen molar-refractivity contribution in [2.45, 2.75) is 44.4 Å². The highest BCUT2D eigenvalue weighted by atomic mass is 79.9. The van der Waals surface area contributed by atoms with E-state index in [1.54, 1.807) is 0 Å². The van der Waals surface area contributed by atoms with Gasteiger partial charge >= 0.3 is 0 Å². The Morgan fingerprint density at radius 2 is 1.89 bits per heavy atom. The summed E-state index contributed by atoms with van der Waals surface area (Å²) in [4.78, 5) is 8.17. The van der Waals surface area contributed by atoms with E-state index in [2.05, 4.69) is 27.0 Å². The molecule has 3 nitrogen and oxygen atoms in total. The molecule has 4 heteroatoms. The van der Waals surface area contributed by atoms with Crippen molar-refractivity contribution in [3.05, 3.63) is 22.4 Å². The van der Waals surface area contributed by atoms with E-state index in [1.807, 2.05) is 6.07 Å². The fraction of sp³-hybridized carbons (Fsp3) is 0.500. The van der Waals surface area contributed by atoms with E-state index in [0.29, 0.717) is 5.92 Å². The Kier molecular flexibility index (Phi) is 3.29. The first-order valence-electron chi connectivity index (χ1n) is 6.68. The third-order valence-electron chi connectivity index (χ3n) is 3.84. The Labute approximate surface area is 115 Å². The number of nitrogens with two attached hydrogens (primary N) is 1. The Balaban J connectivity index is 1.99. The number of anilines is 1. The first-order chi connectivity index (χ1) is 8.74. The molecule has 1 aromatic carbocycles. The third kappa shape index (κ3) is 2.26. The lowest BCUT2D eigenvalue weighted by Gasteiger charge is -2.09. The summed E-state index contributed by atoms with van der Waals surface area (Å²) in [5.41, 5.74) is 8.72. The average Bonchev–Trinajstić information content (AvgIpc) is 2.59.